The summed E-state index contributed by atoms with van der Waals surface area (Å²) in [6, 6.07) is 6.03. The Morgan fingerprint density at radius 3 is 3.00 bits per heavy atom. The lowest BCUT2D eigenvalue weighted by atomic mass is 10.3. The zero-order valence-corrected chi connectivity index (χ0v) is 11.4. The largest absolute Gasteiger partial charge is 0.495 e. The quantitative estimate of drug-likeness (QED) is 0.891. The highest BCUT2D eigenvalue weighted by atomic mass is 35.5. The number of nitrogens with zero attached hydrogens (tertiary/aromatic N) is 1. The Morgan fingerprint density at radius 1 is 1.53 bits per heavy atom. The molecular weight excluding hydrogens is 256 g/mol. The van der Waals surface area contributed by atoms with Gasteiger partial charge in [0.1, 0.15) is 5.75 Å². The normalized spacial score (nSPS) is 19.7. The van der Waals surface area contributed by atoms with E-state index in [-0.39, 0.29) is 0 Å². The van der Waals surface area contributed by atoms with Gasteiger partial charge in [0.15, 0.2) is 5.17 Å². The first-order valence-corrected chi connectivity index (χ1v) is 6.86. The zero-order chi connectivity index (χ0) is 12.3. The van der Waals surface area contributed by atoms with Crippen LogP contribution in [0, 0.1) is 0 Å². The van der Waals surface area contributed by atoms with Gasteiger partial charge in [-0.3, -0.25) is 4.99 Å². The molecule has 17 heavy (non-hydrogen) atoms. The summed E-state index contributed by atoms with van der Waals surface area (Å²) in [7, 11) is 1.61. The first kappa shape index (κ1) is 12.6. The molecule has 0 amide bonds. The minimum Gasteiger partial charge on any atom is -0.495 e. The topological polar surface area (TPSA) is 33.6 Å². The molecule has 1 aromatic rings. The predicted molar refractivity (Wildman–Crippen MR) is 75.6 cm³/mol. The lowest BCUT2D eigenvalue weighted by Gasteiger charge is -2.18. The molecule has 0 saturated heterocycles. The summed E-state index contributed by atoms with van der Waals surface area (Å²) >= 11 is 7.81. The molecule has 0 saturated carbocycles. The van der Waals surface area contributed by atoms with Crippen molar-refractivity contribution in [1.29, 1.82) is 0 Å². The van der Waals surface area contributed by atoms with Crippen molar-refractivity contribution in [3.05, 3.63) is 23.2 Å². The molecule has 3 nitrogen and oxygen atoms in total. The maximum absolute atomic E-state index is 6.06. The molecule has 0 aromatic heterocycles. The standard InChI is InChI=1S/C12H15ClN2OS/c1-8-5-6-17-12(14-8)15-9-3-4-11(16-2)10(13)7-9/h3-4,7-8H,5-6H2,1-2H3,(H,14,15). The Hall–Kier alpha value is -0.870. The van der Waals surface area contributed by atoms with Crippen LogP contribution in [0.3, 0.4) is 0 Å². The molecule has 0 bridgehead atoms. The second-order valence-electron chi connectivity index (χ2n) is 3.89. The van der Waals surface area contributed by atoms with E-state index in [1.807, 2.05) is 18.2 Å². The number of hydrogen-bond acceptors (Lipinski definition) is 4. The number of benzene rings is 1. The number of aliphatic imine (C=N–C) groups is 1. The molecule has 0 spiro atoms. The predicted octanol–water partition coefficient (Wildman–Crippen LogP) is 3.64. The Labute approximate surface area is 111 Å². The van der Waals surface area contributed by atoms with E-state index in [9.17, 15) is 0 Å². The van der Waals surface area contributed by atoms with E-state index in [1.165, 1.54) is 0 Å². The van der Waals surface area contributed by atoms with E-state index >= 15 is 0 Å². The van der Waals surface area contributed by atoms with Crippen LogP contribution in [0.2, 0.25) is 5.02 Å². The van der Waals surface area contributed by atoms with Gasteiger partial charge in [-0.1, -0.05) is 23.4 Å². The van der Waals surface area contributed by atoms with Crippen LogP contribution in [-0.2, 0) is 0 Å². The minimum absolute atomic E-state index is 0.396. The summed E-state index contributed by atoms with van der Waals surface area (Å²) in [6.07, 6.45) is 1.14. The van der Waals surface area contributed by atoms with E-state index < -0.39 is 0 Å². The molecule has 1 aliphatic rings. The van der Waals surface area contributed by atoms with Crippen LogP contribution in [-0.4, -0.2) is 24.1 Å². The maximum Gasteiger partial charge on any atom is 0.161 e. The van der Waals surface area contributed by atoms with Gasteiger partial charge in [0.2, 0.25) is 0 Å². The second-order valence-corrected chi connectivity index (χ2v) is 5.39. The monoisotopic (exact) mass is 270 g/mol. The molecule has 1 heterocycles. The number of methoxy groups -OCH3 is 1. The lowest BCUT2D eigenvalue weighted by Crippen LogP contribution is -2.17. The number of amidine groups is 1. The highest BCUT2D eigenvalue weighted by Gasteiger charge is 2.12. The van der Waals surface area contributed by atoms with Crippen LogP contribution in [0.5, 0.6) is 5.75 Å². The van der Waals surface area contributed by atoms with E-state index in [0.29, 0.717) is 16.8 Å². The van der Waals surface area contributed by atoms with Gasteiger partial charge < -0.3 is 10.1 Å². The molecule has 1 aromatic carbocycles. The molecule has 1 unspecified atom stereocenters. The van der Waals surface area contributed by atoms with Crippen molar-refractivity contribution in [3.8, 4) is 5.75 Å². The Bertz CT molecular complexity index is 437. The highest BCUT2D eigenvalue weighted by molar-refractivity contribution is 8.14. The van der Waals surface area contributed by atoms with Crippen molar-refractivity contribution >= 4 is 34.2 Å². The lowest BCUT2D eigenvalue weighted by molar-refractivity contribution is 0.415. The average molecular weight is 271 g/mol. The molecule has 2 rings (SSSR count). The molecule has 1 atom stereocenters. The van der Waals surface area contributed by atoms with Crippen LogP contribution in [0.1, 0.15) is 13.3 Å². The van der Waals surface area contributed by atoms with Gasteiger partial charge in [-0.25, -0.2) is 0 Å². The number of hydrogen-bond donors (Lipinski definition) is 1. The second kappa shape index (κ2) is 5.65. The zero-order valence-electron chi connectivity index (χ0n) is 9.87. The molecular formula is C12H15ClN2OS. The summed E-state index contributed by atoms with van der Waals surface area (Å²) in [6.45, 7) is 2.13. The number of rotatable bonds is 2. The number of anilines is 1. The van der Waals surface area contributed by atoms with Crippen LogP contribution >= 0.6 is 23.4 Å². The first-order valence-electron chi connectivity index (χ1n) is 5.50. The number of halogens is 1. The number of nitrogens with one attached hydrogen (secondary N) is 1. The molecule has 1 N–H and O–H groups in total. The Morgan fingerprint density at radius 2 is 2.35 bits per heavy atom. The summed E-state index contributed by atoms with van der Waals surface area (Å²) in [5.74, 6) is 1.79. The molecule has 0 aliphatic carbocycles. The third-order valence-corrected chi connectivity index (χ3v) is 3.73. The van der Waals surface area contributed by atoms with Gasteiger partial charge in [-0.2, -0.15) is 0 Å². The van der Waals surface area contributed by atoms with Crippen molar-refractivity contribution in [3.63, 3.8) is 0 Å². The van der Waals surface area contributed by atoms with Crippen LogP contribution in [0.25, 0.3) is 0 Å². The molecule has 92 valence electrons. The fourth-order valence-electron chi connectivity index (χ4n) is 1.56. The first-order chi connectivity index (χ1) is 8.19. The molecule has 1 aliphatic heterocycles. The van der Waals surface area contributed by atoms with Gasteiger partial charge in [-0.05, 0) is 31.5 Å². The fraction of sp³-hybridized carbons (Fsp3) is 0.417. The maximum atomic E-state index is 6.06. The van der Waals surface area contributed by atoms with Crippen LogP contribution in [0.4, 0.5) is 5.69 Å². The summed E-state index contributed by atoms with van der Waals surface area (Å²) in [4.78, 5) is 4.54. The number of thioether (sulfide) groups is 1. The average Bonchev–Trinajstić information content (AvgIpc) is 2.29. The molecule has 5 heteroatoms. The van der Waals surface area contributed by atoms with E-state index in [2.05, 4.69) is 17.2 Å². The van der Waals surface area contributed by atoms with Gasteiger partial charge in [0, 0.05) is 11.4 Å². The summed E-state index contributed by atoms with van der Waals surface area (Å²) in [5.41, 5.74) is 0.941. The van der Waals surface area contributed by atoms with Crippen molar-refractivity contribution in [1.82, 2.24) is 0 Å². The van der Waals surface area contributed by atoms with Crippen molar-refractivity contribution in [2.45, 2.75) is 19.4 Å². The summed E-state index contributed by atoms with van der Waals surface area (Å²) < 4.78 is 5.11. The smallest absolute Gasteiger partial charge is 0.161 e. The van der Waals surface area contributed by atoms with Crippen LogP contribution in [0.15, 0.2) is 23.2 Å². The van der Waals surface area contributed by atoms with Crippen molar-refractivity contribution in [2.24, 2.45) is 4.99 Å². The minimum atomic E-state index is 0.396. The number of ether oxygens (including phenoxy) is 1. The van der Waals surface area contributed by atoms with E-state index in [4.69, 9.17) is 16.3 Å². The Kier molecular flexibility index (Phi) is 4.18. The van der Waals surface area contributed by atoms with Crippen molar-refractivity contribution in [2.75, 3.05) is 18.2 Å². The molecule has 0 radical (unpaired) electrons. The highest BCUT2D eigenvalue weighted by Crippen LogP contribution is 2.28. The van der Waals surface area contributed by atoms with Gasteiger partial charge in [0.25, 0.3) is 0 Å². The molecule has 0 fully saturated rings. The van der Waals surface area contributed by atoms with Crippen molar-refractivity contribution < 1.29 is 4.74 Å². The SMILES string of the molecule is COc1ccc(NC2=NC(C)CCS2)cc1Cl. The fourth-order valence-corrected chi connectivity index (χ4v) is 2.92. The van der Waals surface area contributed by atoms with Gasteiger partial charge >= 0.3 is 0 Å². The summed E-state index contributed by atoms with van der Waals surface area (Å²) in [5, 5.41) is 4.84. The third-order valence-electron chi connectivity index (χ3n) is 2.52. The third kappa shape index (κ3) is 3.30. The van der Waals surface area contributed by atoms with Crippen LogP contribution < -0.4 is 10.1 Å². The van der Waals surface area contributed by atoms with Gasteiger partial charge in [0.05, 0.1) is 18.2 Å². The van der Waals surface area contributed by atoms with E-state index in [1.54, 1.807) is 18.9 Å². The Balaban J connectivity index is 2.11. The van der Waals surface area contributed by atoms with E-state index in [0.717, 1.165) is 23.0 Å². The van der Waals surface area contributed by atoms with Gasteiger partial charge in [-0.15, -0.1) is 0 Å².